The highest BCUT2D eigenvalue weighted by molar-refractivity contribution is 9.10. The number of anilines is 1. The van der Waals surface area contributed by atoms with Crippen molar-refractivity contribution in [3.63, 3.8) is 0 Å². The summed E-state index contributed by atoms with van der Waals surface area (Å²) in [4.78, 5) is 14.4. The Hall–Kier alpha value is -3.43. The van der Waals surface area contributed by atoms with Crippen LogP contribution < -0.4 is 10.3 Å². The van der Waals surface area contributed by atoms with E-state index >= 15 is 0 Å². The summed E-state index contributed by atoms with van der Waals surface area (Å²) >= 11 is 4.78. The van der Waals surface area contributed by atoms with Gasteiger partial charge in [0.1, 0.15) is 0 Å². The van der Waals surface area contributed by atoms with Crippen LogP contribution in [0, 0.1) is 0 Å². The van der Waals surface area contributed by atoms with E-state index in [-0.39, 0.29) is 11.7 Å². The molecule has 1 heterocycles. The minimum Gasteiger partial charge on any atom is -0.378 e. The predicted octanol–water partition coefficient (Wildman–Crippen LogP) is 5.01. The van der Waals surface area contributed by atoms with E-state index in [0.29, 0.717) is 11.0 Å². The Morgan fingerprint density at radius 3 is 2.41 bits per heavy atom. The van der Waals surface area contributed by atoms with Crippen LogP contribution in [0.25, 0.3) is 17.1 Å². The molecule has 0 aliphatic carbocycles. The Kier molecular flexibility index (Phi) is 7.76. The van der Waals surface area contributed by atoms with Gasteiger partial charge in [-0.2, -0.15) is 5.10 Å². The fraction of sp³-hybridized carbons (Fsp3) is 0.120. The number of carbonyl (C=O) groups is 1. The SMILES string of the molecule is CN(C)c1ccc(/C=N/NC(=O)CSc2nnc(-c3ccc(Br)cc3)n2-c2ccccc2)cc1. The van der Waals surface area contributed by atoms with Crippen LogP contribution >= 0.6 is 27.7 Å². The number of aromatic nitrogens is 3. The maximum absolute atomic E-state index is 12.4. The maximum Gasteiger partial charge on any atom is 0.250 e. The molecule has 0 bridgehead atoms. The normalized spacial score (nSPS) is 11.0. The lowest BCUT2D eigenvalue weighted by molar-refractivity contribution is -0.118. The minimum atomic E-state index is -0.223. The molecular weight excluding hydrogens is 512 g/mol. The zero-order valence-electron chi connectivity index (χ0n) is 18.7. The standard InChI is InChI=1S/C25H23BrN6OS/c1-31(2)21-14-8-18(9-15-21)16-27-28-23(33)17-34-25-30-29-24(19-10-12-20(26)13-11-19)32(25)22-6-4-3-5-7-22/h3-16H,17H2,1-2H3,(H,28,33)/b27-16+. The second-order valence-corrected chi connectivity index (χ2v) is 9.41. The fourth-order valence-corrected chi connectivity index (χ4v) is 4.17. The van der Waals surface area contributed by atoms with E-state index in [4.69, 9.17) is 0 Å². The molecule has 0 atom stereocenters. The molecule has 4 rings (SSSR count). The first-order valence-corrected chi connectivity index (χ1v) is 12.3. The number of carbonyl (C=O) groups excluding carboxylic acids is 1. The Morgan fingerprint density at radius 1 is 1.03 bits per heavy atom. The topological polar surface area (TPSA) is 75.4 Å². The van der Waals surface area contributed by atoms with Crippen molar-refractivity contribution < 1.29 is 4.79 Å². The van der Waals surface area contributed by atoms with Crippen LogP contribution in [0.3, 0.4) is 0 Å². The number of rotatable bonds is 8. The lowest BCUT2D eigenvalue weighted by Gasteiger charge is -2.11. The quantitative estimate of drug-likeness (QED) is 0.195. The van der Waals surface area contributed by atoms with Gasteiger partial charge in [0.05, 0.1) is 12.0 Å². The van der Waals surface area contributed by atoms with Gasteiger partial charge in [0.15, 0.2) is 11.0 Å². The van der Waals surface area contributed by atoms with E-state index in [0.717, 1.165) is 27.0 Å². The highest BCUT2D eigenvalue weighted by Gasteiger charge is 2.17. The van der Waals surface area contributed by atoms with E-state index < -0.39 is 0 Å². The van der Waals surface area contributed by atoms with Crippen molar-refractivity contribution in [2.45, 2.75) is 5.16 Å². The number of benzene rings is 3. The van der Waals surface area contributed by atoms with Crippen molar-refractivity contribution >= 4 is 45.5 Å². The van der Waals surface area contributed by atoms with E-state index in [2.05, 4.69) is 36.7 Å². The number of hydrazone groups is 1. The smallest absolute Gasteiger partial charge is 0.250 e. The lowest BCUT2D eigenvalue weighted by atomic mass is 10.2. The molecule has 34 heavy (non-hydrogen) atoms. The van der Waals surface area contributed by atoms with Crippen LogP contribution in [0.4, 0.5) is 5.69 Å². The molecule has 0 aliphatic heterocycles. The minimum absolute atomic E-state index is 0.155. The zero-order chi connectivity index (χ0) is 23.9. The third kappa shape index (κ3) is 5.92. The Morgan fingerprint density at radius 2 is 1.74 bits per heavy atom. The highest BCUT2D eigenvalue weighted by Crippen LogP contribution is 2.28. The monoisotopic (exact) mass is 534 g/mol. The summed E-state index contributed by atoms with van der Waals surface area (Å²) in [6, 6.07) is 25.6. The number of hydrogen-bond donors (Lipinski definition) is 1. The van der Waals surface area contributed by atoms with Crippen molar-refractivity contribution in [3.05, 3.63) is 88.9 Å². The van der Waals surface area contributed by atoms with Crippen molar-refractivity contribution in [2.75, 3.05) is 24.7 Å². The van der Waals surface area contributed by atoms with Gasteiger partial charge in [0.2, 0.25) is 0 Å². The van der Waals surface area contributed by atoms with Crippen LogP contribution in [0.5, 0.6) is 0 Å². The van der Waals surface area contributed by atoms with Gasteiger partial charge in [0.25, 0.3) is 5.91 Å². The van der Waals surface area contributed by atoms with Crippen LogP contribution in [0.15, 0.2) is 93.6 Å². The number of nitrogens with zero attached hydrogens (tertiary/aromatic N) is 5. The van der Waals surface area contributed by atoms with Gasteiger partial charge < -0.3 is 4.90 Å². The van der Waals surface area contributed by atoms with Crippen LogP contribution in [-0.4, -0.2) is 46.7 Å². The third-order valence-corrected chi connectivity index (χ3v) is 6.35. The second-order valence-electron chi connectivity index (χ2n) is 7.55. The van der Waals surface area contributed by atoms with Crippen molar-refractivity contribution in [1.29, 1.82) is 0 Å². The third-order valence-electron chi connectivity index (χ3n) is 4.89. The highest BCUT2D eigenvalue weighted by atomic mass is 79.9. The molecule has 1 amide bonds. The van der Waals surface area contributed by atoms with Crippen LogP contribution in [0.2, 0.25) is 0 Å². The molecule has 0 unspecified atom stereocenters. The number of thioether (sulfide) groups is 1. The molecule has 0 radical (unpaired) electrons. The van der Waals surface area contributed by atoms with E-state index in [1.165, 1.54) is 11.8 Å². The molecule has 7 nitrogen and oxygen atoms in total. The molecule has 0 saturated carbocycles. The maximum atomic E-state index is 12.4. The number of para-hydroxylation sites is 1. The summed E-state index contributed by atoms with van der Waals surface area (Å²) in [5.41, 5.74) is 6.44. The number of nitrogens with one attached hydrogen (secondary N) is 1. The van der Waals surface area contributed by atoms with Crippen molar-refractivity contribution in [2.24, 2.45) is 5.10 Å². The van der Waals surface area contributed by atoms with Crippen LogP contribution in [0.1, 0.15) is 5.56 Å². The molecular formula is C25H23BrN6OS. The fourth-order valence-electron chi connectivity index (χ4n) is 3.16. The average Bonchev–Trinajstić information content (AvgIpc) is 3.28. The first kappa shape index (κ1) is 23.7. The summed E-state index contributed by atoms with van der Waals surface area (Å²) in [6.07, 6.45) is 1.63. The lowest BCUT2D eigenvalue weighted by Crippen LogP contribution is -2.20. The van der Waals surface area contributed by atoms with Gasteiger partial charge in [-0.05, 0) is 42.0 Å². The number of halogens is 1. The Labute approximate surface area is 211 Å². The summed E-state index contributed by atoms with van der Waals surface area (Å²) in [7, 11) is 3.98. The summed E-state index contributed by atoms with van der Waals surface area (Å²) in [6.45, 7) is 0. The molecule has 9 heteroatoms. The molecule has 3 aromatic carbocycles. The molecule has 0 fully saturated rings. The largest absolute Gasteiger partial charge is 0.378 e. The first-order chi connectivity index (χ1) is 16.5. The Balaban J connectivity index is 1.45. The number of hydrogen-bond acceptors (Lipinski definition) is 6. The molecule has 0 spiro atoms. The second kappa shape index (κ2) is 11.1. The molecule has 0 aliphatic rings. The molecule has 4 aromatic rings. The van der Waals surface area contributed by atoms with Crippen LogP contribution in [-0.2, 0) is 4.79 Å². The number of amides is 1. The van der Waals surface area contributed by atoms with Crippen molar-refractivity contribution in [1.82, 2.24) is 20.2 Å². The van der Waals surface area contributed by atoms with Gasteiger partial charge in [-0.15, -0.1) is 10.2 Å². The molecule has 0 saturated heterocycles. The Bertz CT molecular complexity index is 1270. The van der Waals surface area contributed by atoms with E-state index in [1.54, 1.807) is 6.21 Å². The van der Waals surface area contributed by atoms with Gasteiger partial charge in [-0.25, -0.2) is 5.43 Å². The summed E-state index contributed by atoms with van der Waals surface area (Å²) in [5.74, 6) is 0.641. The summed E-state index contributed by atoms with van der Waals surface area (Å²) in [5, 5.41) is 13.5. The van der Waals surface area contributed by atoms with E-state index in [1.807, 2.05) is 102 Å². The van der Waals surface area contributed by atoms with Crippen molar-refractivity contribution in [3.8, 4) is 17.1 Å². The molecule has 1 aromatic heterocycles. The summed E-state index contributed by atoms with van der Waals surface area (Å²) < 4.78 is 2.94. The zero-order valence-corrected chi connectivity index (χ0v) is 21.1. The average molecular weight is 535 g/mol. The molecule has 1 N–H and O–H groups in total. The molecule has 172 valence electrons. The van der Waals surface area contributed by atoms with Gasteiger partial charge >= 0.3 is 0 Å². The first-order valence-electron chi connectivity index (χ1n) is 10.5. The van der Waals surface area contributed by atoms with Gasteiger partial charge in [-0.3, -0.25) is 9.36 Å². The van der Waals surface area contributed by atoms with Gasteiger partial charge in [-0.1, -0.05) is 70.2 Å². The van der Waals surface area contributed by atoms with E-state index in [9.17, 15) is 4.79 Å². The predicted molar refractivity (Wildman–Crippen MR) is 142 cm³/mol. The van der Waals surface area contributed by atoms with Gasteiger partial charge in [0, 0.05) is 35.5 Å².